The van der Waals surface area contributed by atoms with E-state index in [0.29, 0.717) is 34.4 Å². The van der Waals surface area contributed by atoms with Crippen molar-refractivity contribution in [1.82, 2.24) is 4.90 Å². The molecule has 0 unspecified atom stereocenters. The molecule has 0 saturated heterocycles. The molecule has 5 heteroatoms. The molecule has 0 bridgehead atoms. The van der Waals surface area contributed by atoms with Crippen LogP contribution < -0.4 is 5.73 Å². The molecule has 2 aromatic carbocycles. The molecule has 1 aliphatic rings. The zero-order chi connectivity index (χ0) is 15.0. The van der Waals surface area contributed by atoms with Crippen molar-refractivity contribution in [1.29, 1.82) is 0 Å². The Bertz CT molecular complexity index is 695. The molecule has 1 aliphatic heterocycles. The second kappa shape index (κ2) is 5.58. The Morgan fingerprint density at radius 3 is 2.52 bits per heavy atom. The van der Waals surface area contributed by atoms with Gasteiger partial charge in [-0.1, -0.05) is 35.3 Å². The molecule has 0 aliphatic carbocycles. The normalized spacial score (nSPS) is 13.9. The maximum Gasteiger partial charge on any atom is 0.257 e. The highest BCUT2D eigenvalue weighted by molar-refractivity contribution is 6.39. The van der Waals surface area contributed by atoms with Crippen LogP contribution in [0.1, 0.15) is 21.5 Å². The summed E-state index contributed by atoms with van der Waals surface area (Å²) in [6, 6.07) is 10.9. The number of nitrogens with two attached hydrogens (primary N) is 1. The van der Waals surface area contributed by atoms with Crippen LogP contribution >= 0.6 is 23.2 Å². The number of hydrogen-bond acceptors (Lipinski definition) is 2. The van der Waals surface area contributed by atoms with Crippen LogP contribution in [-0.2, 0) is 13.0 Å². The average Bonchev–Trinajstić information content (AvgIpc) is 2.46. The SMILES string of the molecule is Nc1ccc2c(c1)CN(C(=O)c1c(Cl)cccc1Cl)CC2. The topological polar surface area (TPSA) is 46.3 Å². The number of carbonyl (C=O) groups excluding carboxylic acids is 1. The summed E-state index contributed by atoms with van der Waals surface area (Å²) in [7, 11) is 0. The van der Waals surface area contributed by atoms with Crippen LogP contribution in [0, 0.1) is 0 Å². The summed E-state index contributed by atoms with van der Waals surface area (Å²) in [5.74, 6) is -0.140. The van der Waals surface area contributed by atoms with E-state index >= 15 is 0 Å². The molecule has 0 spiro atoms. The van der Waals surface area contributed by atoms with Crippen LogP contribution in [0.3, 0.4) is 0 Å². The number of amides is 1. The number of anilines is 1. The Balaban J connectivity index is 1.91. The van der Waals surface area contributed by atoms with E-state index in [9.17, 15) is 4.79 Å². The monoisotopic (exact) mass is 320 g/mol. The molecular weight excluding hydrogens is 307 g/mol. The van der Waals surface area contributed by atoms with E-state index in [0.717, 1.165) is 12.0 Å². The number of carbonyl (C=O) groups is 1. The summed E-state index contributed by atoms with van der Waals surface area (Å²) >= 11 is 12.2. The Morgan fingerprint density at radius 1 is 1.10 bits per heavy atom. The van der Waals surface area contributed by atoms with Gasteiger partial charge in [-0.25, -0.2) is 0 Å². The molecule has 0 atom stereocenters. The minimum atomic E-state index is -0.140. The van der Waals surface area contributed by atoms with Crippen LogP contribution in [-0.4, -0.2) is 17.4 Å². The molecule has 1 heterocycles. The Hall–Kier alpha value is -1.71. The van der Waals surface area contributed by atoms with E-state index in [1.54, 1.807) is 23.1 Å². The first kappa shape index (κ1) is 14.2. The van der Waals surface area contributed by atoms with E-state index in [2.05, 4.69) is 0 Å². The van der Waals surface area contributed by atoms with Gasteiger partial charge in [0.2, 0.25) is 0 Å². The van der Waals surface area contributed by atoms with Crippen molar-refractivity contribution in [2.24, 2.45) is 0 Å². The molecule has 108 valence electrons. The number of fused-ring (bicyclic) bond motifs is 1. The van der Waals surface area contributed by atoms with Gasteiger partial charge in [0, 0.05) is 18.8 Å². The average molecular weight is 321 g/mol. The summed E-state index contributed by atoms with van der Waals surface area (Å²) in [6.07, 6.45) is 0.809. The number of halogens is 2. The van der Waals surface area contributed by atoms with Gasteiger partial charge in [-0.05, 0) is 41.8 Å². The number of rotatable bonds is 1. The molecule has 3 rings (SSSR count). The van der Waals surface area contributed by atoms with Crippen LogP contribution in [0.5, 0.6) is 0 Å². The quantitative estimate of drug-likeness (QED) is 0.813. The maximum atomic E-state index is 12.7. The highest BCUT2D eigenvalue weighted by Crippen LogP contribution is 2.28. The second-order valence-electron chi connectivity index (χ2n) is 5.10. The van der Waals surface area contributed by atoms with Crippen molar-refractivity contribution >= 4 is 34.8 Å². The van der Waals surface area contributed by atoms with Gasteiger partial charge in [-0.2, -0.15) is 0 Å². The molecular formula is C16H14Cl2N2O. The zero-order valence-electron chi connectivity index (χ0n) is 11.3. The Morgan fingerprint density at radius 2 is 1.81 bits per heavy atom. The summed E-state index contributed by atoms with van der Waals surface area (Å²) < 4.78 is 0. The van der Waals surface area contributed by atoms with E-state index in [1.807, 2.05) is 18.2 Å². The molecule has 0 aromatic heterocycles. The number of hydrogen-bond donors (Lipinski definition) is 1. The summed E-state index contributed by atoms with van der Waals surface area (Å²) in [6.45, 7) is 1.18. The van der Waals surface area contributed by atoms with Gasteiger partial charge in [0.15, 0.2) is 0 Å². The molecule has 21 heavy (non-hydrogen) atoms. The lowest BCUT2D eigenvalue weighted by molar-refractivity contribution is 0.0735. The molecule has 0 saturated carbocycles. The van der Waals surface area contributed by atoms with Crippen LogP contribution in [0.4, 0.5) is 5.69 Å². The lowest BCUT2D eigenvalue weighted by Gasteiger charge is -2.29. The third kappa shape index (κ3) is 2.71. The van der Waals surface area contributed by atoms with Crippen molar-refractivity contribution in [3.05, 3.63) is 63.1 Å². The lowest BCUT2D eigenvalue weighted by Crippen LogP contribution is -2.36. The van der Waals surface area contributed by atoms with Gasteiger partial charge >= 0.3 is 0 Å². The summed E-state index contributed by atoms with van der Waals surface area (Å²) in [5.41, 5.74) is 9.21. The predicted molar refractivity (Wildman–Crippen MR) is 85.8 cm³/mol. The predicted octanol–water partition coefficient (Wildman–Crippen LogP) is 3.77. The minimum Gasteiger partial charge on any atom is -0.399 e. The summed E-state index contributed by atoms with van der Waals surface area (Å²) in [4.78, 5) is 14.4. The van der Waals surface area contributed by atoms with Gasteiger partial charge in [0.1, 0.15) is 0 Å². The third-order valence-electron chi connectivity index (χ3n) is 3.71. The van der Waals surface area contributed by atoms with Gasteiger partial charge in [0.25, 0.3) is 5.91 Å². The fourth-order valence-corrected chi connectivity index (χ4v) is 3.17. The van der Waals surface area contributed by atoms with Crippen molar-refractivity contribution in [2.45, 2.75) is 13.0 Å². The molecule has 0 fully saturated rings. The lowest BCUT2D eigenvalue weighted by atomic mass is 9.98. The van der Waals surface area contributed by atoms with Crippen molar-refractivity contribution in [3.8, 4) is 0 Å². The Labute approximate surface area is 133 Å². The number of benzene rings is 2. The highest BCUT2D eigenvalue weighted by atomic mass is 35.5. The molecule has 0 radical (unpaired) electrons. The smallest absolute Gasteiger partial charge is 0.257 e. The highest BCUT2D eigenvalue weighted by Gasteiger charge is 2.25. The van der Waals surface area contributed by atoms with Gasteiger partial charge < -0.3 is 10.6 Å². The first-order valence-corrected chi connectivity index (χ1v) is 7.42. The van der Waals surface area contributed by atoms with Gasteiger partial charge in [-0.3, -0.25) is 4.79 Å². The van der Waals surface area contributed by atoms with Gasteiger partial charge in [0.05, 0.1) is 15.6 Å². The van der Waals surface area contributed by atoms with Crippen molar-refractivity contribution < 1.29 is 4.79 Å². The fraction of sp³-hybridized carbons (Fsp3) is 0.188. The first-order valence-electron chi connectivity index (χ1n) is 6.67. The largest absolute Gasteiger partial charge is 0.399 e. The van der Waals surface area contributed by atoms with E-state index < -0.39 is 0 Å². The minimum absolute atomic E-state index is 0.140. The number of nitrogens with zero attached hydrogens (tertiary/aromatic N) is 1. The van der Waals surface area contributed by atoms with Gasteiger partial charge in [-0.15, -0.1) is 0 Å². The maximum absolute atomic E-state index is 12.7. The van der Waals surface area contributed by atoms with Crippen molar-refractivity contribution in [3.63, 3.8) is 0 Å². The van der Waals surface area contributed by atoms with E-state index in [4.69, 9.17) is 28.9 Å². The number of nitrogen functional groups attached to an aromatic ring is 1. The van der Waals surface area contributed by atoms with Crippen LogP contribution in [0.2, 0.25) is 10.0 Å². The molecule has 2 N–H and O–H groups in total. The van der Waals surface area contributed by atoms with Crippen LogP contribution in [0.25, 0.3) is 0 Å². The second-order valence-corrected chi connectivity index (χ2v) is 5.92. The van der Waals surface area contributed by atoms with Crippen molar-refractivity contribution in [2.75, 3.05) is 12.3 Å². The van der Waals surface area contributed by atoms with E-state index in [1.165, 1.54) is 5.56 Å². The molecule has 2 aromatic rings. The standard InChI is InChI=1S/C16H14Cl2N2O/c17-13-2-1-3-14(18)15(13)16(21)20-7-6-10-4-5-12(19)8-11(10)9-20/h1-5,8H,6-7,9,19H2. The summed E-state index contributed by atoms with van der Waals surface area (Å²) in [5, 5.41) is 0.761. The zero-order valence-corrected chi connectivity index (χ0v) is 12.8. The molecule has 3 nitrogen and oxygen atoms in total. The Kier molecular flexibility index (Phi) is 3.79. The third-order valence-corrected chi connectivity index (χ3v) is 4.34. The first-order chi connectivity index (χ1) is 10.1. The van der Waals surface area contributed by atoms with Crippen LogP contribution in [0.15, 0.2) is 36.4 Å². The van der Waals surface area contributed by atoms with E-state index in [-0.39, 0.29) is 5.91 Å². The fourth-order valence-electron chi connectivity index (χ4n) is 2.61. The molecule has 1 amide bonds.